The molecule has 0 aromatic heterocycles. The number of benzene rings is 1. The number of carbonyl (C=O) groups is 1. The largest absolute Gasteiger partial charge is 0.418 e. The smallest absolute Gasteiger partial charge is 0.370 e. The Bertz CT molecular complexity index is 550. The van der Waals surface area contributed by atoms with E-state index in [2.05, 4.69) is 5.32 Å². The summed E-state index contributed by atoms with van der Waals surface area (Å²) in [6, 6.07) is 3.56. The Morgan fingerprint density at radius 3 is 2.35 bits per heavy atom. The van der Waals surface area contributed by atoms with E-state index in [0.29, 0.717) is 5.69 Å². The summed E-state index contributed by atoms with van der Waals surface area (Å²) < 4.78 is 39.5. The van der Waals surface area contributed by atoms with Gasteiger partial charge in [-0.15, -0.1) is 0 Å². The van der Waals surface area contributed by atoms with Crippen LogP contribution in [0.5, 0.6) is 0 Å². The van der Waals surface area contributed by atoms with Crippen molar-refractivity contribution in [3.05, 3.63) is 23.8 Å². The molecule has 0 radical (unpaired) electrons. The maximum atomic E-state index is 13.2. The second-order valence-electron chi connectivity index (χ2n) is 5.72. The van der Waals surface area contributed by atoms with E-state index in [1.165, 1.54) is 11.0 Å². The molecule has 1 aromatic rings. The molecule has 0 unspecified atom stereocenters. The molecule has 0 atom stereocenters. The molecule has 0 spiro atoms. The molecule has 0 saturated heterocycles. The number of hydrogen-bond donors (Lipinski definition) is 1. The van der Waals surface area contributed by atoms with Crippen LogP contribution in [0.15, 0.2) is 18.2 Å². The maximum absolute atomic E-state index is 13.2. The van der Waals surface area contributed by atoms with Crippen molar-refractivity contribution in [3.63, 3.8) is 0 Å². The highest BCUT2D eigenvalue weighted by atomic mass is 19.4. The van der Waals surface area contributed by atoms with Crippen LogP contribution in [0.2, 0.25) is 0 Å². The van der Waals surface area contributed by atoms with Crippen LogP contribution in [-0.2, 0) is 11.0 Å². The van der Waals surface area contributed by atoms with Gasteiger partial charge in [0.05, 0.1) is 16.9 Å². The van der Waals surface area contributed by atoms with E-state index < -0.39 is 17.3 Å². The SMILES string of the molecule is CC(C)N1C(=O)C(C)(C)Nc2cccc(C(F)(F)F)c21. The molecular weight excluding hydrogens is 269 g/mol. The van der Waals surface area contributed by atoms with Crippen molar-refractivity contribution < 1.29 is 18.0 Å². The second kappa shape index (κ2) is 4.40. The zero-order valence-corrected chi connectivity index (χ0v) is 11.8. The molecule has 0 saturated carbocycles. The number of amides is 1. The number of anilines is 2. The van der Waals surface area contributed by atoms with Gasteiger partial charge in [-0.1, -0.05) is 6.07 Å². The molecule has 0 bridgehead atoms. The molecule has 0 fully saturated rings. The van der Waals surface area contributed by atoms with Gasteiger partial charge in [0.15, 0.2) is 0 Å². The monoisotopic (exact) mass is 286 g/mol. The lowest BCUT2D eigenvalue weighted by atomic mass is 9.94. The molecule has 110 valence electrons. The molecule has 1 aromatic carbocycles. The Kier molecular flexibility index (Phi) is 3.23. The van der Waals surface area contributed by atoms with Crippen molar-refractivity contribution in [3.8, 4) is 0 Å². The van der Waals surface area contributed by atoms with E-state index in [1.54, 1.807) is 33.8 Å². The van der Waals surface area contributed by atoms with Crippen LogP contribution in [0, 0.1) is 0 Å². The van der Waals surface area contributed by atoms with Gasteiger partial charge in [-0.25, -0.2) is 0 Å². The third kappa shape index (κ3) is 2.23. The van der Waals surface area contributed by atoms with E-state index in [0.717, 1.165) is 6.07 Å². The lowest BCUT2D eigenvalue weighted by Crippen LogP contribution is -2.56. The van der Waals surface area contributed by atoms with Crippen LogP contribution in [0.3, 0.4) is 0 Å². The first-order valence-electron chi connectivity index (χ1n) is 6.38. The normalized spacial score (nSPS) is 18.0. The highest BCUT2D eigenvalue weighted by molar-refractivity contribution is 6.08. The summed E-state index contributed by atoms with van der Waals surface area (Å²) in [7, 11) is 0. The zero-order chi connectivity index (χ0) is 15.3. The Morgan fingerprint density at radius 2 is 1.85 bits per heavy atom. The summed E-state index contributed by atoms with van der Waals surface area (Å²) in [6.07, 6.45) is -4.50. The second-order valence-corrected chi connectivity index (χ2v) is 5.72. The Labute approximate surface area is 115 Å². The Balaban J connectivity index is 2.72. The molecule has 1 aliphatic rings. The molecular formula is C14H17F3N2O. The number of nitrogens with zero attached hydrogens (tertiary/aromatic N) is 1. The highest BCUT2D eigenvalue weighted by Gasteiger charge is 2.45. The average Bonchev–Trinajstić information content (AvgIpc) is 2.27. The molecule has 20 heavy (non-hydrogen) atoms. The number of rotatable bonds is 1. The summed E-state index contributed by atoms with van der Waals surface area (Å²) in [4.78, 5) is 13.7. The topological polar surface area (TPSA) is 32.3 Å². The van der Waals surface area contributed by atoms with Crippen LogP contribution in [0.25, 0.3) is 0 Å². The number of halogens is 3. The zero-order valence-electron chi connectivity index (χ0n) is 11.8. The quantitative estimate of drug-likeness (QED) is 0.854. The molecule has 0 aliphatic carbocycles. The third-order valence-corrected chi connectivity index (χ3v) is 3.30. The first-order chi connectivity index (χ1) is 9.05. The molecule has 1 aliphatic heterocycles. The molecule has 1 heterocycles. The fourth-order valence-corrected chi connectivity index (χ4v) is 2.42. The number of hydrogen-bond acceptors (Lipinski definition) is 2. The molecule has 2 rings (SSSR count). The van der Waals surface area contributed by atoms with Gasteiger partial charge in [0.2, 0.25) is 0 Å². The van der Waals surface area contributed by atoms with Gasteiger partial charge in [0.1, 0.15) is 5.54 Å². The van der Waals surface area contributed by atoms with Gasteiger partial charge >= 0.3 is 6.18 Å². The third-order valence-electron chi connectivity index (χ3n) is 3.30. The van der Waals surface area contributed by atoms with Crippen molar-refractivity contribution >= 4 is 17.3 Å². The predicted molar refractivity (Wildman–Crippen MR) is 71.8 cm³/mol. The Morgan fingerprint density at radius 1 is 1.25 bits per heavy atom. The lowest BCUT2D eigenvalue weighted by Gasteiger charge is -2.43. The summed E-state index contributed by atoms with van der Waals surface area (Å²) in [5, 5.41) is 2.89. The first kappa shape index (κ1) is 14.7. The van der Waals surface area contributed by atoms with Crippen molar-refractivity contribution in [2.45, 2.75) is 45.5 Å². The number of alkyl halides is 3. The first-order valence-corrected chi connectivity index (χ1v) is 6.38. The number of nitrogens with one attached hydrogen (secondary N) is 1. The summed E-state index contributed by atoms with van der Waals surface area (Å²) in [5.41, 5.74) is -1.47. The van der Waals surface area contributed by atoms with Gasteiger partial charge in [0.25, 0.3) is 5.91 Å². The fraction of sp³-hybridized carbons (Fsp3) is 0.500. The van der Waals surface area contributed by atoms with Crippen LogP contribution in [0.1, 0.15) is 33.3 Å². The van der Waals surface area contributed by atoms with E-state index in [9.17, 15) is 18.0 Å². The van der Waals surface area contributed by atoms with Gasteiger partial charge in [-0.3, -0.25) is 4.79 Å². The highest BCUT2D eigenvalue weighted by Crippen LogP contribution is 2.45. The van der Waals surface area contributed by atoms with E-state index >= 15 is 0 Å². The summed E-state index contributed by atoms with van der Waals surface area (Å²) >= 11 is 0. The summed E-state index contributed by atoms with van der Waals surface area (Å²) in [6.45, 7) is 6.73. The van der Waals surface area contributed by atoms with Crippen molar-refractivity contribution in [2.24, 2.45) is 0 Å². The van der Waals surface area contributed by atoms with E-state index in [4.69, 9.17) is 0 Å². The Hall–Kier alpha value is -1.72. The molecule has 6 heteroatoms. The minimum Gasteiger partial charge on any atom is -0.370 e. The minimum atomic E-state index is -4.50. The van der Waals surface area contributed by atoms with E-state index in [-0.39, 0.29) is 17.6 Å². The standard InChI is InChI=1S/C14H17F3N2O/c1-8(2)19-11-9(14(15,16)17)6-5-7-10(11)18-13(3,4)12(19)20/h5-8,18H,1-4H3. The van der Waals surface area contributed by atoms with Crippen LogP contribution in [0.4, 0.5) is 24.5 Å². The lowest BCUT2D eigenvalue weighted by molar-refractivity contribution is -0.137. The summed E-state index contributed by atoms with van der Waals surface area (Å²) in [5.74, 6) is -0.364. The predicted octanol–water partition coefficient (Wildman–Crippen LogP) is 3.65. The van der Waals surface area contributed by atoms with Gasteiger partial charge in [-0.05, 0) is 39.8 Å². The van der Waals surface area contributed by atoms with Crippen LogP contribution in [-0.4, -0.2) is 17.5 Å². The maximum Gasteiger partial charge on any atom is 0.418 e. The number of fused-ring (bicyclic) bond motifs is 1. The van der Waals surface area contributed by atoms with Gasteiger partial charge in [0, 0.05) is 6.04 Å². The fourth-order valence-electron chi connectivity index (χ4n) is 2.42. The van der Waals surface area contributed by atoms with Gasteiger partial charge < -0.3 is 10.2 Å². The van der Waals surface area contributed by atoms with Crippen LogP contribution < -0.4 is 10.2 Å². The average molecular weight is 286 g/mol. The van der Waals surface area contributed by atoms with Gasteiger partial charge in [-0.2, -0.15) is 13.2 Å². The molecule has 1 N–H and O–H groups in total. The van der Waals surface area contributed by atoms with Crippen molar-refractivity contribution in [1.29, 1.82) is 0 Å². The molecule has 1 amide bonds. The van der Waals surface area contributed by atoms with Crippen LogP contribution >= 0.6 is 0 Å². The number of para-hydroxylation sites is 1. The van der Waals surface area contributed by atoms with Crippen molar-refractivity contribution in [1.82, 2.24) is 0 Å². The minimum absolute atomic E-state index is 0.0840. The van der Waals surface area contributed by atoms with E-state index in [1.807, 2.05) is 0 Å². The van der Waals surface area contributed by atoms with Crippen molar-refractivity contribution in [2.75, 3.05) is 10.2 Å². The number of carbonyl (C=O) groups excluding carboxylic acids is 1. The molecule has 3 nitrogen and oxygen atoms in total.